The molecule has 4 aromatic rings. The molecular weight excluding hydrogens is 465 g/mol. The highest BCUT2D eigenvalue weighted by atomic mass is 19.1. The number of likely N-dealkylation sites (N-methyl/N-ethyl adjacent to an activating group) is 1. The Labute approximate surface area is 217 Å². The average molecular weight is 500 g/mol. The predicted molar refractivity (Wildman–Crippen MR) is 147 cm³/mol. The molecule has 0 aliphatic carbocycles. The minimum Gasteiger partial charge on any atom is -0.354 e. The first-order chi connectivity index (χ1) is 18.0. The predicted octanol–water partition coefficient (Wildman–Crippen LogP) is 5.28. The molecule has 192 valence electrons. The van der Waals surface area contributed by atoms with E-state index in [2.05, 4.69) is 23.8 Å². The second kappa shape index (κ2) is 10.7. The molecule has 1 fully saturated rings. The van der Waals surface area contributed by atoms with Gasteiger partial charge in [0.25, 0.3) is 5.91 Å². The van der Waals surface area contributed by atoms with Crippen LogP contribution < -0.4 is 4.90 Å². The number of carbonyl (C=O) groups is 1. The molecule has 3 aromatic carbocycles. The Kier molecular flexibility index (Phi) is 7.24. The third-order valence-corrected chi connectivity index (χ3v) is 7.16. The van der Waals surface area contributed by atoms with Crippen LogP contribution >= 0.6 is 0 Å². The number of hydrogen-bond acceptors (Lipinski definition) is 4. The fourth-order valence-electron chi connectivity index (χ4n) is 5.16. The molecular formula is C30H34FN5O. The van der Waals surface area contributed by atoms with Crippen LogP contribution in [0, 0.1) is 12.7 Å². The van der Waals surface area contributed by atoms with Gasteiger partial charge in [-0.15, -0.1) is 0 Å². The molecule has 6 nitrogen and oxygen atoms in total. The smallest absolute Gasteiger partial charge is 0.254 e. The van der Waals surface area contributed by atoms with Crippen molar-refractivity contribution in [1.29, 1.82) is 0 Å². The topological polar surface area (TPSA) is 44.6 Å². The van der Waals surface area contributed by atoms with Crippen molar-refractivity contribution in [2.24, 2.45) is 0 Å². The van der Waals surface area contributed by atoms with Crippen molar-refractivity contribution in [1.82, 2.24) is 19.6 Å². The Hall–Kier alpha value is -3.71. The number of halogens is 1. The highest BCUT2D eigenvalue weighted by Gasteiger charge is 2.28. The number of fused-ring (bicyclic) bond motifs is 1. The summed E-state index contributed by atoms with van der Waals surface area (Å²) < 4.78 is 16.1. The van der Waals surface area contributed by atoms with Crippen LogP contribution in [-0.4, -0.2) is 65.3 Å². The summed E-state index contributed by atoms with van der Waals surface area (Å²) in [6, 6.07) is 20.5. The van der Waals surface area contributed by atoms with E-state index < -0.39 is 0 Å². The molecule has 1 aliphatic rings. The van der Waals surface area contributed by atoms with E-state index in [0.717, 1.165) is 60.4 Å². The molecule has 0 radical (unpaired) electrons. The van der Waals surface area contributed by atoms with E-state index in [9.17, 15) is 9.18 Å². The van der Waals surface area contributed by atoms with Gasteiger partial charge in [-0.05, 0) is 55.4 Å². The first kappa shape index (κ1) is 25.0. The first-order valence-electron chi connectivity index (χ1n) is 13.0. The van der Waals surface area contributed by atoms with Gasteiger partial charge in [0.2, 0.25) is 0 Å². The molecule has 1 saturated heterocycles. The van der Waals surface area contributed by atoms with Gasteiger partial charge in [0.05, 0.1) is 17.9 Å². The molecule has 0 saturated carbocycles. The summed E-state index contributed by atoms with van der Waals surface area (Å²) in [5.41, 5.74) is 3.26. The second-order valence-corrected chi connectivity index (χ2v) is 9.82. The highest BCUT2D eigenvalue weighted by molar-refractivity contribution is 6.07. The van der Waals surface area contributed by atoms with E-state index in [4.69, 9.17) is 5.10 Å². The SMILES string of the molecule is CCCN(Cc1c(C)nn(-c2cccc(F)c2)c1N1CCN(C)CC1)C(=O)c1cccc2ccccc12. The Morgan fingerprint density at radius 1 is 1.00 bits per heavy atom. The van der Waals surface area contributed by atoms with E-state index in [1.54, 1.807) is 6.07 Å². The van der Waals surface area contributed by atoms with Crippen LogP contribution in [0.2, 0.25) is 0 Å². The molecule has 0 unspecified atom stereocenters. The normalized spacial score (nSPS) is 14.3. The van der Waals surface area contributed by atoms with Crippen LogP contribution in [0.3, 0.4) is 0 Å². The molecule has 5 rings (SSSR count). The van der Waals surface area contributed by atoms with Crippen molar-refractivity contribution in [3.8, 4) is 5.69 Å². The van der Waals surface area contributed by atoms with E-state index in [-0.39, 0.29) is 11.7 Å². The van der Waals surface area contributed by atoms with Crippen LogP contribution in [0.5, 0.6) is 0 Å². The summed E-state index contributed by atoms with van der Waals surface area (Å²) in [6.07, 6.45) is 0.845. The zero-order valence-electron chi connectivity index (χ0n) is 21.8. The lowest BCUT2D eigenvalue weighted by atomic mass is 10.0. The number of aromatic nitrogens is 2. The van der Waals surface area contributed by atoms with Crippen molar-refractivity contribution in [2.45, 2.75) is 26.8 Å². The zero-order chi connectivity index (χ0) is 25.9. The van der Waals surface area contributed by atoms with Gasteiger partial charge < -0.3 is 14.7 Å². The lowest BCUT2D eigenvalue weighted by molar-refractivity contribution is 0.0745. The monoisotopic (exact) mass is 499 g/mol. The fourth-order valence-corrected chi connectivity index (χ4v) is 5.16. The highest BCUT2D eigenvalue weighted by Crippen LogP contribution is 2.31. The molecule has 1 aromatic heterocycles. The first-order valence-corrected chi connectivity index (χ1v) is 13.0. The summed E-state index contributed by atoms with van der Waals surface area (Å²) in [6.45, 7) is 8.70. The van der Waals surface area contributed by atoms with Gasteiger partial charge in [0.1, 0.15) is 11.6 Å². The third kappa shape index (κ3) is 5.09. The van der Waals surface area contributed by atoms with Gasteiger partial charge in [0.15, 0.2) is 0 Å². The Morgan fingerprint density at radius 2 is 1.73 bits per heavy atom. The summed E-state index contributed by atoms with van der Waals surface area (Å²) in [5, 5.41) is 6.88. The van der Waals surface area contributed by atoms with E-state index >= 15 is 0 Å². The Bertz CT molecular complexity index is 1400. The van der Waals surface area contributed by atoms with Crippen LogP contribution in [0.1, 0.15) is 35.0 Å². The van der Waals surface area contributed by atoms with E-state index in [1.165, 1.54) is 12.1 Å². The zero-order valence-corrected chi connectivity index (χ0v) is 21.8. The van der Waals surface area contributed by atoms with E-state index in [0.29, 0.717) is 24.3 Å². The molecule has 0 atom stereocenters. The molecule has 1 aliphatic heterocycles. The molecule has 2 heterocycles. The quantitative estimate of drug-likeness (QED) is 0.347. The summed E-state index contributed by atoms with van der Waals surface area (Å²) in [5.74, 6) is 0.666. The van der Waals surface area contributed by atoms with Crippen LogP contribution in [0.4, 0.5) is 10.2 Å². The maximum absolute atomic E-state index is 14.2. The number of carbonyl (C=O) groups excluding carboxylic acids is 1. The van der Waals surface area contributed by atoms with Gasteiger partial charge in [-0.3, -0.25) is 4.79 Å². The number of rotatable bonds is 7. The van der Waals surface area contributed by atoms with Gasteiger partial charge in [0, 0.05) is 43.9 Å². The molecule has 1 amide bonds. The summed E-state index contributed by atoms with van der Waals surface area (Å²) >= 11 is 0. The van der Waals surface area contributed by atoms with Crippen LogP contribution in [0.25, 0.3) is 16.5 Å². The van der Waals surface area contributed by atoms with Crippen molar-refractivity contribution in [3.05, 3.63) is 89.4 Å². The van der Waals surface area contributed by atoms with Crippen molar-refractivity contribution < 1.29 is 9.18 Å². The molecule has 0 spiro atoms. The third-order valence-electron chi connectivity index (χ3n) is 7.16. The largest absolute Gasteiger partial charge is 0.354 e. The number of piperazine rings is 1. The maximum atomic E-state index is 14.2. The number of hydrogen-bond donors (Lipinski definition) is 0. The number of nitrogens with zero attached hydrogens (tertiary/aromatic N) is 5. The lowest BCUT2D eigenvalue weighted by Crippen LogP contribution is -2.45. The van der Waals surface area contributed by atoms with Gasteiger partial charge in [-0.25, -0.2) is 9.07 Å². The molecule has 37 heavy (non-hydrogen) atoms. The van der Waals surface area contributed by atoms with Crippen molar-refractivity contribution in [3.63, 3.8) is 0 Å². The minimum absolute atomic E-state index is 0.0147. The van der Waals surface area contributed by atoms with Gasteiger partial charge in [-0.2, -0.15) is 5.10 Å². The number of benzene rings is 3. The molecule has 0 bridgehead atoms. The standard InChI is InChI=1S/C30H34FN5O/c1-4-15-35(30(37)27-14-7-10-23-9-5-6-13-26(23)27)21-28-22(2)32-36(25-12-8-11-24(31)20-25)29(28)34-18-16-33(3)17-19-34/h5-14,20H,4,15-19,21H2,1-3H3. The van der Waals surface area contributed by atoms with Crippen LogP contribution in [0.15, 0.2) is 66.7 Å². The maximum Gasteiger partial charge on any atom is 0.254 e. The van der Waals surface area contributed by atoms with Gasteiger partial charge in [-0.1, -0.05) is 49.4 Å². The Morgan fingerprint density at radius 3 is 2.49 bits per heavy atom. The van der Waals surface area contributed by atoms with Crippen LogP contribution in [-0.2, 0) is 6.54 Å². The Balaban J connectivity index is 1.57. The summed E-state index contributed by atoms with van der Waals surface area (Å²) in [7, 11) is 2.12. The lowest BCUT2D eigenvalue weighted by Gasteiger charge is -2.35. The number of amides is 1. The van der Waals surface area contributed by atoms with Gasteiger partial charge >= 0.3 is 0 Å². The van der Waals surface area contributed by atoms with E-state index in [1.807, 2.05) is 65.0 Å². The molecule has 7 heteroatoms. The number of anilines is 1. The molecule has 0 N–H and O–H groups in total. The van der Waals surface area contributed by atoms with Crippen molar-refractivity contribution >= 4 is 22.5 Å². The second-order valence-electron chi connectivity index (χ2n) is 9.82. The fraction of sp³-hybridized carbons (Fsp3) is 0.333. The summed E-state index contributed by atoms with van der Waals surface area (Å²) in [4.78, 5) is 20.5. The van der Waals surface area contributed by atoms with Crippen molar-refractivity contribution in [2.75, 3.05) is 44.7 Å². The number of aryl methyl sites for hydroxylation is 1. The average Bonchev–Trinajstić information content (AvgIpc) is 3.24. The minimum atomic E-state index is -0.296.